The van der Waals surface area contributed by atoms with E-state index in [2.05, 4.69) is 29.6 Å². The van der Waals surface area contributed by atoms with Crippen LogP contribution < -0.4 is 5.32 Å². The molecule has 0 unspecified atom stereocenters. The van der Waals surface area contributed by atoms with Gasteiger partial charge in [0.25, 0.3) is 0 Å². The van der Waals surface area contributed by atoms with Crippen LogP contribution in [0, 0.1) is 0 Å². The summed E-state index contributed by atoms with van der Waals surface area (Å²) in [5.74, 6) is -0.246. The van der Waals surface area contributed by atoms with Gasteiger partial charge in [-0.1, -0.05) is 54.6 Å². The van der Waals surface area contributed by atoms with E-state index < -0.39 is 24.4 Å². The Morgan fingerprint density at radius 3 is 1.97 bits per heavy atom. The summed E-state index contributed by atoms with van der Waals surface area (Å²) in [6, 6.07) is 20.8. The van der Waals surface area contributed by atoms with Crippen LogP contribution in [0.25, 0.3) is 17.2 Å². The molecule has 38 heavy (non-hydrogen) atoms. The largest absolute Gasteiger partial charge is 0.507 e. The van der Waals surface area contributed by atoms with E-state index in [1.807, 2.05) is 52.0 Å². The minimum atomic E-state index is -0.798. The summed E-state index contributed by atoms with van der Waals surface area (Å²) in [7, 11) is -0.798. The third-order valence-corrected chi connectivity index (χ3v) is 7.73. The molecule has 1 amide bonds. The number of alkyl carbamates (subject to hydrolysis) is 1. The molecule has 8 heteroatoms. The van der Waals surface area contributed by atoms with Crippen LogP contribution in [-0.2, 0) is 14.0 Å². The predicted molar refractivity (Wildman–Crippen MR) is 147 cm³/mol. The normalized spacial score (nSPS) is 17.7. The molecular formula is C30H32BNO6. The lowest BCUT2D eigenvalue weighted by atomic mass is 9.77. The second-order valence-corrected chi connectivity index (χ2v) is 10.7. The van der Waals surface area contributed by atoms with Gasteiger partial charge >= 0.3 is 13.2 Å². The maximum atomic E-state index is 12.8. The van der Waals surface area contributed by atoms with Crippen LogP contribution in [0.1, 0.15) is 50.3 Å². The van der Waals surface area contributed by atoms with E-state index in [-0.39, 0.29) is 36.1 Å². The first-order valence-corrected chi connectivity index (χ1v) is 12.7. The Hall–Kier alpha value is -3.75. The van der Waals surface area contributed by atoms with Crippen LogP contribution in [-0.4, -0.2) is 47.8 Å². The molecule has 1 aliphatic heterocycles. The number of phenols is 2. The molecule has 3 aromatic rings. The van der Waals surface area contributed by atoms with Gasteiger partial charge in [-0.05, 0) is 73.6 Å². The topological polar surface area (TPSA) is 97.2 Å². The fraction of sp³-hybridized carbons (Fsp3) is 0.300. The van der Waals surface area contributed by atoms with Crippen molar-refractivity contribution in [3.05, 3.63) is 88.9 Å². The Morgan fingerprint density at radius 2 is 1.42 bits per heavy atom. The second-order valence-electron chi connectivity index (χ2n) is 10.7. The third kappa shape index (κ3) is 4.77. The molecular weight excluding hydrogens is 481 g/mol. The zero-order chi connectivity index (χ0) is 27.1. The number of carbonyl (C=O) groups is 1. The number of nitrogens with one attached hydrogen (secondary N) is 1. The highest BCUT2D eigenvalue weighted by atomic mass is 16.7. The molecule has 3 N–H and O–H groups in total. The van der Waals surface area contributed by atoms with E-state index in [4.69, 9.17) is 14.0 Å². The van der Waals surface area contributed by atoms with Crippen LogP contribution in [0.5, 0.6) is 11.5 Å². The Bertz CT molecular complexity index is 1320. The third-order valence-electron chi connectivity index (χ3n) is 7.73. The SMILES string of the molecule is CC1(C)OB(C(=Cc2c(O)cccc2O)CNC(=O)OCC2c3ccccc3-c3ccccc32)OC1(C)C. The molecule has 0 saturated carbocycles. The summed E-state index contributed by atoms with van der Waals surface area (Å²) in [6.45, 7) is 7.95. The first-order chi connectivity index (χ1) is 18.1. The highest BCUT2D eigenvalue weighted by molar-refractivity contribution is 6.56. The van der Waals surface area contributed by atoms with Crippen molar-refractivity contribution in [3.63, 3.8) is 0 Å². The average Bonchev–Trinajstić information content (AvgIpc) is 3.31. The van der Waals surface area contributed by atoms with Gasteiger partial charge in [0, 0.05) is 12.5 Å². The lowest BCUT2D eigenvalue weighted by Crippen LogP contribution is -2.41. The number of phenolic OH excluding ortho intramolecular Hbond substituents is 2. The zero-order valence-electron chi connectivity index (χ0n) is 22.0. The van der Waals surface area contributed by atoms with E-state index in [0.29, 0.717) is 5.47 Å². The molecule has 7 nitrogen and oxygen atoms in total. The number of benzene rings is 3. The summed E-state index contributed by atoms with van der Waals surface area (Å²) < 4.78 is 18.0. The molecule has 1 aliphatic carbocycles. The van der Waals surface area contributed by atoms with Crippen molar-refractivity contribution in [3.8, 4) is 22.6 Å². The van der Waals surface area contributed by atoms with Gasteiger partial charge < -0.3 is 29.6 Å². The second kappa shape index (κ2) is 9.85. The van der Waals surface area contributed by atoms with Crippen LogP contribution in [0.4, 0.5) is 4.79 Å². The molecule has 1 saturated heterocycles. The molecule has 1 heterocycles. The van der Waals surface area contributed by atoms with Gasteiger partial charge in [-0.25, -0.2) is 4.79 Å². The molecule has 0 radical (unpaired) electrons. The number of amides is 1. The van der Waals surface area contributed by atoms with E-state index >= 15 is 0 Å². The molecule has 0 spiro atoms. The summed E-state index contributed by atoms with van der Waals surface area (Å²) in [6.07, 6.45) is 0.993. The van der Waals surface area contributed by atoms with Crippen molar-refractivity contribution >= 4 is 19.3 Å². The van der Waals surface area contributed by atoms with Crippen molar-refractivity contribution in [2.45, 2.75) is 44.8 Å². The highest BCUT2D eigenvalue weighted by Gasteiger charge is 2.52. The van der Waals surface area contributed by atoms with Crippen molar-refractivity contribution in [1.29, 1.82) is 0 Å². The van der Waals surface area contributed by atoms with E-state index in [1.165, 1.54) is 12.1 Å². The first kappa shape index (κ1) is 25.9. The highest BCUT2D eigenvalue weighted by Crippen LogP contribution is 2.44. The fourth-order valence-electron chi connectivity index (χ4n) is 4.89. The Kier molecular flexibility index (Phi) is 6.71. The van der Waals surface area contributed by atoms with Crippen molar-refractivity contribution in [2.24, 2.45) is 0 Å². The van der Waals surface area contributed by atoms with Gasteiger partial charge in [-0.15, -0.1) is 0 Å². The lowest BCUT2D eigenvalue weighted by Gasteiger charge is -2.32. The van der Waals surface area contributed by atoms with Gasteiger partial charge in [-0.2, -0.15) is 0 Å². The van der Waals surface area contributed by atoms with Gasteiger partial charge in [0.1, 0.15) is 18.1 Å². The molecule has 196 valence electrons. The maximum absolute atomic E-state index is 12.8. The minimum absolute atomic E-state index is 0.0290. The van der Waals surface area contributed by atoms with Gasteiger partial charge in [0.2, 0.25) is 0 Å². The van der Waals surface area contributed by atoms with Gasteiger partial charge in [0.05, 0.1) is 16.8 Å². The number of hydrogen-bond acceptors (Lipinski definition) is 6. The number of aromatic hydroxyl groups is 2. The Balaban J connectivity index is 1.32. The van der Waals surface area contributed by atoms with E-state index in [9.17, 15) is 15.0 Å². The quantitative estimate of drug-likeness (QED) is 0.369. The number of ether oxygens (including phenoxy) is 1. The van der Waals surface area contributed by atoms with Crippen LogP contribution in [0.15, 0.2) is 72.2 Å². The lowest BCUT2D eigenvalue weighted by molar-refractivity contribution is 0.00578. The van der Waals surface area contributed by atoms with Crippen LogP contribution in [0.3, 0.4) is 0 Å². The number of hydrogen-bond donors (Lipinski definition) is 3. The van der Waals surface area contributed by atoms with E-state index in [0.717, 1.165) is 22.3 Å². The smallest absolute Gasteiger partial charge is 0.492 e. The standard InChI is InChI=1S/C30H32BNO6/c1-29(2)30(3,4)38-31(37-29)19(16-24-26(33)14-9-15-27(24)34)17-32-28(35)36-18-25-22-12-7-5-10-20(22)21-11-6-8-13-23(21)25/h5-16,25,33-34H,17-18H2,1-4H3,(H,32,35). The molecule has 3 aromatic carbocycles. The molecule has 1 fully saturated rings. The van der Waals surface area contributed by atoms with Crippen molar-refractivity contribution in [1.82, 2.24) is 5.32 Å². The average molecular weight is 513 g/mol. The fourth-order valence-corrected chi connectivity index (χ4v) is 4.89. The number of carbonyl (C=O) groups excluding carboxylic acids is 1. The van der Waals surface area contributed by atoms with Crippen LogP contribution >= 0.6 is 0 Å². The Labute approximate surface area is 223 Å². The summed E-state index contributed by atoms with van der Waals surface area (Å²) in [5, 5.41) is 23.5. The predicted octanol–water partition coefficient (Wildman–Crippen LogP) is 5.65. The first-order valence-electron chi connectivity index (χ1n) is 12.7. The molecule has 2 aliphatic rings. The summed E-state index contributed by atoms with van der Waals surface area (Å²) in [4.78, 5) is 12.8. The molecule has 5 rings (SSSR count). The van der Waals surface area contributed by atoms with Crippen LogP contribution in [0.2, 0.25) is 0 Å². The van der Waals surface area contributed by atoms with Crippen molar-refractivity contribution in [2.75, 3.05) is 13.2 Å². The monoisotopic (exact) mass is 513 g/mol. The molecule has 0 atom stereocenters. The maximum Gasteiger partial charge on any atom is 0.492 e. The molecule has 0 bridgehead atoms. The summed E-state index contributed by atoms with van der Waals surface area (Å²) in [5.41, 5.74) is 4.10. The minimum Gasteiger partial charge on any atom is -0.507 e. The number of rotatable bonds is 6. The summed E-state index contributed by atoms with van der Waals surface area (Å²) >= 11 is 0. The van der Waals surface area contributed by atoms with Gasteiger partial charge in [-0.3, -0.25) is 0 Å². The zero-order valence-corrected chi connectivity index (χ0v) is 22.0. The van der Waals surface area contributed by atoms with Gasteiger partial charge in [0.15, 0.2) is 0 Å². The van der Waals surface area contributed by atoms with Crippen molar-refractivity contribution < 1.29 is 29.1 Å². The molecule has 0 aromatic heterocycles. The Morgan fingerprint density at radius 1 is 0.895 bits per heavy atom. The van der Waals surface area contributed by atoms with E-state index in [1.54, 1.807) is 12.1 Å². The number of fused-ring (bicyclic) bond motifs is 3.